The molecule has 22 heavy (non-hydrogen) atoms. The number of carbonyl (C=O) groups excluding carboxylic acids is 1. The Morgan fingerprint density at radius 1 is 1.09 bits per heavy atom. The minimum Gasteiger partial charge on any atom is -0.335 e. The molecule has 1 aromatic rings. The van der Waals surface area contributed by atoms with Crippen LogP contribution in [0.2, 0.25) is 0 Å². The second kappa shape index (κ2) is 8.94. The van der Waals surface area contributed by atoms with Gasteiger partial charge in [-0.1, -0.05) is 44.0 Å². The summed E-state index contributed by atoms with van der Waals surface area (Å²) in [7, 11) is 0. The van der Waals surface area contributed by atoms with E-state index in [1.54, 1.807) is 0 Å². The second-order valence-electron chi connectivity index (χ2n) is 6.38. The summed E-state index contributed by atoms with van der Waals surface area (Å²) in [6.07, 6.45) is 8.43. The van der Waals surface area contributed by atoms with Crippen molar-refractivity contribution < 1.29 is 4.79 Å². The lowest BCUT2D eigenvalue weighted by molar-refractivity contribution is -0.132. The van der Waals surface area contributed by atoms with Crippen LogP contribution in [0.5, 0.6) is 0 Å². The van der Waals surface area contributed by atoms with Crippen LogP contribution in [0.25, 0.3) is 0 Å². The molecule has 2 N–H and O–H groups in total. The van der Waals surface area contributed by atoms with E-state index in [1.807, 2.05) is 0 Å². The molecule has 0 aliphatic heterocycles. The van der Waals surface area contributed by atoms with E-state index in [4.69, 9.17) is 5.73 Å². The van der Waals surface area contributed by atoms with Gasteiger partial charge in [-0.05, 0) is 49.8 Å². The van der Waals surface area contributed by atoms with Crippen molar-refractivity contribution in [2.75, 3.05) is 6.54 Å². The van der Waals surface area contributed by atoms with Gasteiger partial charge >= 0.3 is 0 Å². The summed E-state index contributed by atoms with van der Waals surface area (Å²) in [5.74, 6) is 0.329. The summed E-state index contributed by atoms with van der Waals surface area (Å²) >= 11 is 0. The molecule has 0 bridgehead atoms. The molecule has 3 heteroatoms. The van der Waals surface area contributed by atoms with Crippen molar-refractivity contribution in [3.8, 4) is 0 Å². The maximum atomic E-state index is 12.5. The average molecular weight is 302 g/mol. The van der Waals surface area contributed by atoms with Crippen LogP contribution < -0.4 is 5.73 Å². The zero-order valence-electron chi connectivity index (χ0n) is 13.9. The maximum Gasteiger partial charge on any atom is 0.223 e. The van der Waals surface area contributed by atoms with Crippen LogP contribution in [0.4, 0.5) is 0 Å². The van der Waals surface area contributed by atoms with E-state index >= 15 is 0 Å². The standard InChI is InChI=1S/C19H30N2O/c1-2-16-8-10-17(11-9-16)15-21(18-12-13-18)19(22)7-5-3-4-6-14-20/h8-11,18H,2-7,12-15,20H2,1H3. The van der Waals surface area contributed by atoms with Crippen molar-refractivity contribution in [2.45, 2.75) is 70.9 Å². The first-order valence-electron chi connectivity index (χ1n) is 8.82. The summed E-state index contributed by atoms with van der Waals surface area (Å²) in [6, 6.07) is 9.18. The van der Waals surface area contributed by atoms with Crippen LogP contribution >= 0.6 is 0 Å². The molecule has 0 spiro atoms. The van der Waals surface area contributed by atoms with Gasteiger partial charge < -0.3 is 10.6 Å². The monoisotopic (exact) mass is 302 g/mol. The number of nitrogens with zero attached hydrogens (tertiary/aromatic N) is 1. The molecule has 0 saturated heterocycles. The third-order valence-corrected chi connectivity index (χ3v) is 4.44. The first-order chi connectivity index (χ1) is 10.7. The number of aryl methyl sites for hydroxylation is 1. The fourth-order valence-electron chi connectivity index (χ4n) is 2.80. The van der Waals surface area contributed by atoms with E-state index in [2.05, 4.69) is 36.1 Å². The van der Waals surface area contributed by atoms with Crippen LogP contribution in [-0.4, -0.2) is 23.4 Å². The fraction of sp³-hybridized carbons (Fsp3) is 0.632. The first kappa shape index (κ1) is 17.0. The summed E-state index contributed by atoms with van der Waals surface area (Å²) < 4.78 is 0. The lowest BCUT2D eigenvalue weighted by Crippen LogP contribution is -2.32. The van der Waals surface area contributed by atoms with E-state index in [9.17, 15) is 4.79 Å². The number of nitrogens with two attached hydrogens (primary N) is 1. The molecule has 2 rings (SSSR count). The van der Waals surface area contributed by atoms with Crippen molar-refractivity contribution in [3.05, 3.63) is 35.4 Å². The van der Waals surface area contributed by atoms with Gasteiger partial charge in [-0.3, -0.25) is 4.79 Å². The van der Waals surface area contributed by atoms with Crippen LogP contribution in [0.1, 0.15) is 63.0 Å². The highest BCUT2D eigenvalue weighted by atomic mass is 16.2. The first-order valence-corrected chi connectivity index (χ1v) is 8.82. The normalized spacial score (nSPS) is 14.1. The fourth-order valence-corrected chi connectivity index (χ4v) is 2.80. The van der Waals surface area contributed by atoms with Gasteiger partial charge in [0.05, 0.1) is 0 Å². The molecule has 1 aromatic carbocycles. The predicted octanol–water partition coefficient (Wildman–Crippen LogP) is 3.65. The molecule has 1 amide bonds. The lowest BCUT2D eigenvalue weighted by Gasteiger charge is -2.23. The van der Waals surface area contributed by atoms with Crippen molar-refractivity contribution in [2.24, 2.45) is 5.73 Å². The predicted molar refractivity (Wildman–Crippen MR) is 91.5 cm³/mol. The number of rotatable bonds is 10. The van der Waals surface area contributed by atoms with E-state index in [0.717, 1.165) is 45.2 Å². The number of benzene rings is 1. The summed E-state index contributed by atoms with van der Waals surface area (Å²) in [5, 5.41) is 0. The molecule has 0 atom stereocenters. The molecule has 3 nitrogen and oxygen atoms in total. The molecule has 0 unspecified atom stereocenters. The van der Waals surface area contributed by atoms with Gasteiger partial charge in [0, 0.05) is 19.0 Å². The van der Waals surface area contributed by atoms with E-state index in [0.29, 0.717) is 18.4 Å². The van der Waals surface area contributed by atoms with Gasteiger partial charge in [0.25, 0.3) is 0 Å². The topological polar surface area (TPSA) is 46.3 Å². The van der Waals surface area contributed by atoms with Crippen molar-refractivity contribution in [3.63, 3.8) is 0 Å². The zero-order chi connectivity index (χ0) is 15.8. The Morgan fingerprint density at radius 2 is 1.73 bits per heavy atom. The number of hydrogen-bond donors (Lipinski definition) is 1. The molecule has 0 aromatic heterocycles. The SMILES string of the molecule is CCc1ccc(CN(C(=O)CCCCCCN)C2CC2)cc1. The zero-order valence-corrected chi connectivity index (χ0v) is 13.9. The number of hydrogen-bond acceptors (Lipinski definition) is 2. The Labute approximate surface area is 134 Å². The van der Waals surface area contributed by atoms with Gasteiger partial charge in [0.2, 0.25) is 5.91 Å². The number of unbranched alkanes of at least 4 members (excludes halogenated alkanes) is 3. The molecule has 0 radical (unpaired) electrons. The Bertz CT molecular complexity index is 451. The molecule has 1 aliphatic rings. The minimum absolute atomic E-state index is 0.329. The molecule has 1 fully saturated rings. The second-order valence-corrected chi connectivity index (χ2v) is 6.38. The smallest absolute Gasteiger partial charge is 0.223 e. The van der Waals surface area contributed by atoms with Crippen LogP contribution in [0.15, 0.2) is 24.3 Å². The molecular weight excluding hydrogens is 272 g/mol. The quantitative estimate of drug-likeness (QED) is 0.671. The van der Waals surface area contributed by atoms with Gasteiger partial charge in [-0.15, -0.1) is 0 Å². The van der Waals surface area contributed by atoms with Crippen LogP contribution in [0, 0.1) is 0 Å². The molecule has 1 saturated carbocycles. The summed E-state index contributed by atoms with van der Waals surface area (Å²) in [4.78, 5) is 14.6. The Morgan fingerprint density at radius 3 is 2.32 bits per heavy atom. The molecular formula is C19H30N2O. The minimum atomic E-state index is 0.329. The van der Waals surface area contributed by atoms with E-state index in [-0.39, 0.29) is 0 Å². The van der Waals surface area contributed by atoms with Gasteiger partial charge in [0.1, 0.15) is 0 Å². The van der Waals surface area contributed by atoms with Crippen molar-refractivity contribution >= 4 is 5.91 Å². The number of carbonyl (C=O) groups is 1. The number of amides is 1. The van der Waals surface area contributed by atoms with Crippen molar-refractivity contribution in [1.29, 1.82) is 0 Å². The van der Waals surface area contributed by atoms with Gasteiger partial charge in [-0.25, -0.2) is 0 Å². The Kier molecular flexibility index (Phi) is 6.91. The van der Waals surface area contributed by atoms with Crippen LogP contribution in [-0.2, 0) is 17.8 Å². The third-order valence-electron chi connectivity index (χ3n) is 4.44. The van der Waals surface area contributed by atoms with E-state index in [1.165, 1.54) is 24.0 Å². The Balaban J connectivity index is 1.82. The molecule has 122 valence electrons. The summed E-state index contributed by atoms with van der Waals surface area (Å²) in [6.45, 7) is 3.70. The summed E-state index contributed by atoms with van der Waals surface area (Å²) in [5.41, 5.74) is 8.10. The third kappa shape index (κ3) is 5.45. The lowest BCUT2D eigenvalue weighted by atomic mass is 10.1. The molecule has 1 aliphatic carbocycles. The van der Waals surface area contributed by atoms with Gasteiger partial charge in [-0.2, -0.15) is 0 Å². The highest BCUT2D eigenvalue weighted by Crippen LogP contribution is 2.29. The molecule has 0 heterocycles. The average Bonchev–Trinajstić information content (AvgIpc) is 3.37. The van der Waals surface area contributed by atoms with E-state index < -0.39 is 0 Å². The highest BCUT2D eigenvalue weighted by molar-refractivity contribution is 5.76. The van der Waals surface area contributed by atoms with Crippen molar-refractivity contribution in [1.82, 2.24) is 4.90 Å². The van der Waals surface area contributed by atoms with Crippen LogP contribution in [0.3, 0.4) is 0 Å². The largest absolute Gasteiger partial charge is 0.335 e. The maximum absolute atomic E-state index is 12.5. The van der Waals surface area contributed by atoms with Gasteiger partial charge in [0.15, 0.2) is 0 Å². The Hall–Kier alpha value is -1.35. The highest BCUT2D eigenvalue weighted by Gasteiger charge is 2.31.